The Hall–Kier alpha value is -2.83. The minimum Gasteiger partial charge on any atom is -0.308 e. The molecule has 1 amide bonds. The molecule has 112 valence electrons. The van der Waals surface area contributed by atoms with Gasteiger partial charge in [0.25, 0.3) is 0 Å². The van der Waals surface area contributed by atoms with Crippen molar-refractivity contribution in [3.8, 4) is 0 Å². The minimum absolute atomic E-state index is 0.0780. The van der Waals surface area contributed by atoms with Crippen molar-refractivity contribution in [3.05, 3.63) is 42.6 Å². The number of carbonyl (C=O) groups is 1. The molecular weight excluding hydrogens is 280 g/mol. The molecule has 0 bridgehead atoms. The summed E-state index contributed by atoms with van der Waals surface area (Å²) in [7, 11) is 0. The summed E-state index contributed by atoms with van der Waals surface area (Å²) in [6.07, 6.45) is 6.55. The number of hydrogen-bond donors (Lipinski definition) is 1. The fourth-order valence-corrected chi connectivity index (χ4v) is 2.20. The van der Waals surface area contributed by atoms with E-state index in [1.54, 1.807) is 29.5 Å². The van der Waals surface area contributed by atoms with Gasteiger partial charge in [0.15, 0.2) is 11.5 Å². The normalized spacial score (nSPS) is 11.0. The molecule has 3 rings (SSSR count). The van der Waals surface area contributed by atoms with Crippen LogP contribution in [0.15, 0.2) is 36.9 Å². The fourth-order valence-electron chi connectivity index (χ4n) is 2.20. The zero-order chi connectivity index (χ0) is 15.5. The highest BCUT2D eigenvalue weighted by Crippen LogP contribution is 2.18. The number of hydrogen-bond acceptors (Lipinski definition) is 5. The van der Waals surface area contributed by atoms with Crippen molar-refractivity contribution in [2.24, 2.45) is 0 Å². The number of aromatic nitrogens is 5. The van der Waals surface area contributed by atoms with E-state index in [1.165, 1.54) is 0 Å². The number of rotatable bonds is 4. The average Bonchev–Trinajstić information content (AvgIpc) is 2.91. The first-order chi connectivity index (χ1) is 10.6. The summed E-state index contributed by atoms with van der Waals surface area (Å²) >= 11 is 0. The molecule has 0 aliphatic rings. The number of carbonyl (C=O) groups excluding carboxylic acids is 1. The van der Waals surface area contributed by atoms with E-state index in [0.717, 1.165) is 11.1 Å². The largest absolute Gasteiger partial charge is 0.308 e. The Morgan fingerprint density at radius 1 is 1.23 bits per heavy atom. The van der Waals surface area contributed by atoms with Crippen LogP contribution in [-0.4, -0.2) is 30.6 Å². The number of nitrogens with one attached hydrogen (secondary N) is 1. The summed E-state index contributed by atoms with van der Waals surface area (Å²) in [6.45, 7) is 4.09. The second-order valence-electron chi connectivity index (χ2n) is 5.21. The van der Waals surface area contributed by atoms with Gasteiger partial charge in [0.1, 0.15) is 6.54 Å². The molecule has 0 saturated carbocycles. The molecule has 0 radical (unpaired) electrons. The van der Waals surface area contributed by atoms with Gasteiger partial charge in [-0.05, 0) is 18.1 Å². The third kappa shape index (κ3) is 2.78. The summed E-state index contributed by atoms with van der Waals surface area (Å²) < 4.78 is 1.57. The van der Waals surface area contributed by atoms with Gasteiger partial charge in [0.2, 0.25) is 5.91 Å². The maximum atomic E-state index is 12.2. The van der Waals surface area contributed by atoms with Gasteiger partial charge >= 0.3 is 0 Å². The Morgan fingerprint density at radius 2 is 2.05 bits per heavy atom. The van der Waals surface area contributed by atoms with E-state index in [1.807, 2.05) is 26.0 Å². The van der Waals surface area contributed by atoms with Crippen LogP contribution in [0.25, 0.3) is 11.0 Å². The van der Waals surface area contributed by atoms with Crippen molar-refractivity contribution in [2.75, 3.05) is 5.32 Å². The molecule has 0 aliphatic carbocycles. The van der Waals surface area contributed by atoms with Gasteiger partial charge in [-0.15, -0.1) is 0 Å². The summed E-state index contributed by atoms with van der Waals surface area (Å²) in [5, 5.41) is 7.89. The SMILES string of the molecule is CC(C)c1nccnc1NC(=O)Cn1ncc2cccnc21. The lowest BCUT2D eigenvalue weighted by atomic mass is 10.1. The average molecular weight is 296 g/mol. The third-order valence-corrected chi connectivity index (χ3v) is 3.22. The summed E-state index contributed by atoms with van der Waals surface area (Å²) in [5.41, 5.74) is 1.44. The number of nitrogens with zero attached hydrogens (tertiary/aromatic N) is 5. The minimum atomic E-state index is -0.210. The number of amides is 1. The predicted octanol–water partition coefficient (Wildman–Crippen LogP) is 1.98. The molecule has 1 N–H and O–H groups in total. The molecule has 3 heterocycles. The van der Waals surface area contributed by atoms with Crippen LogP contribution in [0.1, 0.15) is 25.5 Å². The number of pyridine rings is 1. The third-order valence-electron chi connectivity index (χ3n) is 3.22. The maximum absolute atomic E-state index is 12.2. The van der Waals surface area contributed by atoms with E-state index in [2.05, 4.69) is 25.4 Å². The first-order valence-electron chi connectivity index (χ1n) is 7.02. The van der Waals surface area contributed by atoms with E-state index >= 15 is 0 Å². The lowest BCUT2D eigenvalue weighted by molar-refractivity contribution is -0.116. The molecule has 0 aromatic carbocycles. The molecule has 7 nitrogen and oxygen atoms in total. The highest BCUT2D eigenvalue weighted by molar-refractivity contribution is 5.91. The molecular formula is C15H16N6O. The topological polar surface area (TPSA) is 85.6 Å². The summed E-state index contributed by atoms with van der Waals surface area (Å²) in [4.78, 5) is 24.9. The Kier molecular flexibility index (Phi) is 3.78. The van der Waals surface area contributed by atoms with Crippen molar-refractivity contribution in [2.45, 2.75) is 26.3 Å². The number of anilines is 1. The van der Waals surface area contributed by atoms with E-state index in [0.29, 0.717) is 11.5 Å². The van der Waals surface area contributed by atoms with Crippen molar-refractivity contribution in [3.63, 3.8) is 0 Å². The van der Waals surface area contributed by atoms with Crippen molar-refractivity contribution in [1.29, 1.82) is 0 Å². The molecule has 3 aromatic heterocycles. The predicted molar refractivity (Wildman–Crippen MR) is 82.3 cm³/mol. The Bertz CT molecular complexity index is 810. The maximum Gasteiger partial charge on any atom is 0.247 e. The fraction of sp³-hybridized carbons (Fsp3) is 0.267. The van der Waals surface area contributed by atoms with Crippen LogP contribution < -0.4 is 5.32 Å². The molecule has 0 unspecified atom stereocenters. The van der Waals surface area contributed by atoms with E-state index < -0.39 is 0 Å². The van der Waals surface area contributed by atoms with Crippen LogP contribution in [0.3, 0.4) is 0 Å². The Morgan fingerprint density at radius 3 is 2.86 bits per heavy atom. The first-order valence-corrected chi connectivity index (χ1v) is 7.02. The first kappa shape index (κ1) is 14.1. The molecule has 0 aliphatic heterocycles. The van der Waals surface area contributed by atoms with E-state index in [9.17, 15) is 4.79 Å². The van der Waals surface area contributed by atoms with Gasteiger partial charge in [-0.25, -0.2) is 14.6 Å². The standard InChI is InChI=1S/C15H16N6O/c1-10(2)13-14(17-7-6-16-13)20-12(22)9-21-15-11(8-19-21)4-3-5-18-15/h3-8,10H,9H2,1-2H3,(H,17,20,22). The lowest BCUT2D eigenvalue weighted by Gasteiger charge is -2.11. The zero-order valence-corrected chi connectivity index (χ0v) is 12.4. The van der Waals surface area contributed by atoms with Crippen LogP contribution in [0.5, 0.6) is 0 Å². The van der Waals surface area contributed by atoms with Crippen molar-refractivity contribution >= 4 is 22.8 Å². The van der Waals surface area contributed by atoms with Gasteiger partial charge in [-0.3, -0.25) is 9.78 Å². The highest BCUT2D eigenvalue weighted by atomic mass is 16.2. The quantitative estimate of drug-likeness (QED) is 0.795. The van der Waals surface area contributed by atoms with Crippen LogP contribution in [0.2, 0.25) is 0 Å². The molecule has 0 spiro atoms. The smallest absolute Gasteiger partial charge is 0.247 e. The van der Waals surface area contributed by atoms with Gasteiger partial charge < -0.3 is 5.32 Å². The second-order valence-corrected chi connectivity index (χ2v) is 5.21. The molecule has 7 heteroatoms. The van der Waals surface area contributed by atoms with Gasteiger partial charge in [0, 0.05) is 24.0 Å². The molecule has 0 atom stereocenters. The van der Waals surface area contributed by atoms with Crippen molar-refractivity contribution < 1.29 is 4.79 Å². The van der Waals surface area contributed by atoms with Crippen LogP contribution >= 0.6 is 0 Å². The van der Waals surface area contributed by atoms with Crippen LogP contribution in [0.4, 0.5) is 5.82 Å². The molecule has 0 saturated heterocycles. The summed E-state index contributed by atoms with van der Waals surface area (Å²) in [6, 6.07) is 3.74. The van der Waals surface area contributed by atoms with Crippen molar-refractivity contribution in [1.82, 2.24) is 24.7 Å². The molecule has 3 aromatic rings. The Balaban J connectivity index is 1.79. The lowest BCUT2D eigenvalue weighted by Crippen LogP contribution is -2.21. The highest BCUT2D eigenvalue weighted by Gasteiger charge is 2.13. The molecule has 22 heavy (non-hydrogen) atoms. The van der Waals surface area contributed by atoms with Crippen LogP contribution in [-0.2, 0) is 11.3 Å². The van der Waals surface area contributed by atoms with E-state index in [-0.39, 0.29) is 18.4 Å². The van der Waals surface area contributed by atoms with Gasteiger partial charge in [-0.1, -0.05) is 13.8 Å². The van der Waals surface area contributed by atoms with Gasteiger partial charge in [0.05, 0.1) is 11.9 Å². The van der Waals surface area contributed by atoms with E-state index in [4.69, 9.17) is 0 Å². The Labute approximate surface area is 127 Å². The number of fused-ring (bicyclic) bond motifs is 1. The second kappa shape index (κ2) is 5.88. The monoisotopic (exact) mass is 296 g/mol. The summed E-state index contributed by atoms with van der Waals surface area (Å²) in [5.74, 6) is 0.459. The van der Waals surface area contributed by atoms with Gasteiger partial charge in [-0.2, -0.15) is 5.10 Å². The molecule has 0 fully saturated rings. The van der Waals surface area contributed by atoms with Crippen LogP contribution in [0, 0.1) is 0 Å². The zero-order valence-electron chi connectivity index (χ0n) is 12.4.